The summed E-state index contributed by atoms with van der Waals surface area (Å²) in [7, 11) is 4.48. The molecule has 0 aromatic rings. The maximum atomic E-state index is 5.97. The lowest BCUT2D eigenvalue weighted by atomic mass is 9.82. The van der Waals surface area contributed by atoms with Crippen molar-refractivity contribution in [2.24, 2.45) is 17.1 Å². The van der Waals surface area contributed by atoms with E-state index in [-0.39, 0.29) is 0 Å². The summed E-state index contributed by atoms with van der Waals surface area (Å²) in [5, 5.41) is 0. The highest BCUT2D eigenvalue weighted by molar-refractivity contribution is 4.83. The van der Waals surface area contributed by atoms with Crippen molar-refractivity contribution in [2.75, 3.05) is 46.8 Å². The predicted molar refractivity (Wildman–Crippen MR) is 75.2 cm³/mol. The third-order valence-electron chi connectivity index (χ3n) is 4.60. The van der Waals surface area contributed by atoms with Gasteiger partial charge in [-0.25, -0.2) is 0 Å². The smallest absolute Gasteiger partial charge is 0.00469 e. The van der Waals surface area contributed by atoms with Crippen molar-refractivity contribution in [3.63, 3.8) is 0 Å². The summed E-state index contributed by atoms with van der Waals surface area (Å²) >= 11 is 0. The van der Waals surface area contributed by atoms with Crippen LogP contribution in [-0.4, -0.2) is 56.6 Å². The molecule has 1 aliphatic rings. The van der Waals surface area contributed by atoms with E-state index in [2.05, 4.69) is 37.7 Å². The lowest BCUT2D eigenvalue weighted by Gasteiger charge is -2.35. The Hall–Kier alpha value is -0.120. The van der Waals surface area contributed by atoms with Gasteiger partial charge in [-0.1, -0.05) is 13.8 Å². The van der Waals surface area contributed by atoms with Gasteiger partial charge in [-0.05, 0) is 57.8 Å². The Balaban J connectivity index is 2.39. The Kier molecular flexibility index (Phi) is 5.90. The maximum Gasteiger partial charge on any atom is 0.00469 e. The lowest BCUT2D eigenvalue weighted by molar-refractivity contribution is 0.152. The molecule has 0 aromatic carbocycles. The van der Waals surface area contributed by atoms with Crippen LogP contribution in [0.15, 0.2) is 0 Å². The van der Waals surface area contributed by atoms with Crippen molar-refractivity contribution < 1.29 is 0 Å². The van der Waals surface area contributed by atoms with Crippen LogP contribution in [0.4, 0.5) is 0 Å². The molecular formula is C14H31N3. The monoisotopic (exact) mass is 241 g/mol. The summed E-state index contributed by atoms with van der Waals surface area (Å²) in [6.07, 6.45) is 3.73. The molecule has 0 amide bonds. The highest BCUT2D eigenvalue weighted by atomic mass is 15.2. The summed E-state index contributed by atoms with van der Waals surface area (Å²) in [6.45, 7) is 10.3. The highest BCUT2D eigenvalue weighted by Crippen LogP contribution is 2.26. The Bertz CT molecular complexity index is 205. The summed E-state index contributed by atoms with van der Waals surface area (Å²) < 4.78 is 0. The van der Waals surface area contributed by atoms with E-state index in [9.17, 15) is 0 Å². The molecule has 2 N–H and O–H groups in total. The number of hydrogen-bond donors (Lipinski definition) is 1. The first-order valence-corrected chi connectivity index (χ1v) is 7.12. The highest BCUT2D eigenvalue weighted by Gasteiger charge is 2.28. The Morgan fingerprint density at radius 1 is 1.35 bits per heavy atom. The van der Waals surface area contributed by atoms with E-state index in [1.807, 2.05) is 0 Å². The molecule has 1 unspecified atom stereocenters. The average molecular weight is 241 g/mol. The zero-order valence-electron chi connectivity index (χ0n) is 12.2. The van der Waals surface area contributed by atoms with Crippen LogP contribution in [0.1, 0.15) is 33.1 Å². The van der Waals surface area contributed by atoms with Gasteiger partial charge in [-0.2, -0.15) is 0 Å². The summed E-state index contributed by atoms with van der Waals surface area (Å²) in [6, 6.07) is 0. The minimum absolute atomic E-state index is 0.333. The zero-order valence-corrected chi connectivity index (χ0v) is 12.2. The van der Waals surface area contributed by atoms with Crippen LogP contribution in [0.25, 0.3) is 0 Å². The quantitative estimate of drug-likeness (QED) is 0.735. The zero-order chi connectivity index (χ0) is 12.9. The third-order valence-corrected chi connectivity index (χ3v) is 4.60. The molecule has 17 heavy (non-hydrogen) atoms. The van der Waals surface area contributed by atoms with Crippen LogP contribution in [0.5, 0.6) is 0 Å². The standard InChI is InChI=1S/C14H31N3/c1-5-14(6-2,11-15)12-17(4)10-13-7-8-16(3)9-13/h13H,5-12,15H2,1-4H3. The first kappa shape index (κ1) is 14.9. The van der Waals surface area contributed by atoms with Gasteiger partial charge in [0, 0.05) is 19.6 Å². The number of hydrogen-bond acceptors (Lipinski definition) is 3. The molecule has 1 heterocycles. The van der Waals surface area contributed by atoms with Crippen LogP contribution in [-0.2, 0) is 0 Å². The van der Waals surface area contributed by atoms with Crippen LogP contribution in [0, 0.1) is 11.3 Å². The SMILES string of the molecule is CCC(CC)(CN)CN(C)CC1CCN(C)C1. The van der Waals surface area contributed by atoms with E-state index in [4.69, 9.17) is 5.73 Å². The molecule has 102 valence electrons. The van der Waals surface area contributed by atoms with E-state index >= 15 is 0 Å². The van der Waals surface area contributed by atoms with Gasteiger partial charge in [0.25, 0.3) is 0 Å². The van der Waals surface area contributed by atoms with Gasteiger partial charge in [0.15, 0.2) is 0 Å². The normalized spacial score (nSPS) is 22.6. The Labute approximate surface area is 107 Å². The van der Waals surface area contributed by atoms with Gasteiger partial charge < -0.3 is 15.5 Å². The number of likely N-dealkylation sites (tertiary alicyclic amines) is 1. The molecule has 0 radical (unpaired) electrons. The second-order valence-electron chi connectivity index (χ2n) is 6.02. The first-order chi connectivity index (χ1) is 8.05. The van der Waals surface area contributed by atoms with E-state index in [0.29, 0.717) is 5.41 Å². The van der Waals surface area contributed by atoms with Gasteiger partial charge in [0.2, 0.25) is 0 Å². The number of rotatable bonds is 7. The minimum Gasteiger partial charge on any atom is -0.330 e. The second-order valence-corrected chi connectivity index (χ2v) is 6.02. The molecule has 0 bridgehead atoms. The molecule has 0 saturated carbocycles. The third kappa shape index (κ3) is 4.23. The van der Waals surface area contributed by atoms with Crippen LogP contribution < -0.4 is 5.73 Å². The molecule has 1 fully saturated rings. The molecule has 1 atom stereocenters. The number of nitrogens with two attached hydrogens (primary N) is 1. The molecule has 1 saturated heterocycles. The van der Waals surface area contributed by atoms with Crippen molar-refractivity contribution in [1.82, 2.24) is 9.80 Å². The van der Waals surface area contributed by atoms with E-state index in [1.54, 1.807) is 0 Å². The molecule has 3 heteroatoms. The Morgan fingerprint density at radius 2 is 2.00 bits per heavy atom. The van der Waals surface area contributed by atoms with Crippen molar-refractivity contribution >= 4 is 0 Å². The second kappa shape index (κ2) is 6.72. The largest absolute Gasteiger partial charge is 0.330 e. The lowest BCUT2D eigenvalue weighted by Crippen LogP contribution is -2.42. The molecule has 0 spiro atoms. The average Bonchev–Trinajstić information content (AvgIpc) is 2.72. The van der Waals surface area contributed by atoms with Crippen molar-refractivity contribution in [3.8, 4) is 0 Å². The fourth-order valence-corrected chi connectivity index (χ4v) is 3.08. The van der Waals surface area contributed by atoms with Gasteiger partial charge in [-0.3, -0.25) is 0 Å². The fourth-order valence-electron chi connectivity index (χ4n) is 3.08. The van der Waals surface area contributed by atoms with Crippen molar-refractivity contribution in [2.45, 2.75) is 33.1 Å². The molecule has 0 aromatic heterocycles. The van der Waals surface area contributed by atoms with Gasteiger partial charge >= 0.3 is 0 Å². The Morgan fingerprint density at radius 3 is 2.41 bits per heavy atom. The van der Waals surface area contributed by atoms with E-state index in [1.165, 1.54) is 38.9 Å². The summed E-state index contributed by atoms with van der Waals surface area (Å²) in [4.78, 5) is 4.94. The van der Waals surface area contributed by atoms with E-state index in [0.717, 1.165) is 19.0 Å². The minimum atomic E-state index is 0.333. The number of nitrogens with zero attached hydrogens (tertiary/aromatic N) is 2. The molecule has 3 nitrogen and oxygen atoms in total. The molecule has 1 aliphatic heterocycles. The van der Waals surface area contributed by atoms with Crippen LogP contribution in [0.2, 0.25) is 0 Å². The summed E-state index contributed by atoms with van der Waals surface area (Å²) in [5.74, 6) is 0.856. The van der Waals surface area contributed by atoms with Gasteiger partial charge in [-0.15, -0.1) is 0 Å². The molecule has 1 rings (SSSR count). The van der Waals surface area contributed by atoms with E-state index < -0.39 is 0 Å². The fraction of sp³-hybridized carbons (Fsp3) is 1.00. The maximum absolute atomic E-state index is 5.97. The first-order valence-electron chi connectivity index (χ1n) is 7.12. The topological polar surface area (TPSA) is 32.5 Å². The summed E-state index contributed by atoms with van der Waals surface area (Å²) in [5.41, 5.74) is 6.31. The van der Waals surface area contributed by atoms with Gasteiger partial charge in [0.05, 0.1) is 0 Å². The van der Waals surface area contributed by atoms with Crippen molar-refractivity contribution in [3.05, 3.63) is 0 Å². The predicted octanol–water partition coefficient (Wildman–Crippen LogP) is 1.64. The molecule has 0 aliphatic carbocycles. The molecular weight excluding hydrogens is 210 g/mol. The van der Waals surface area contributed by atoms with Crippen LogP contribution >= 0.6 is 0 Å². The van der Waals surface area contributed by atoms with Crippen LogP contribution in [0.3, 0.4) is 0 Å². The van der Waals surface area contributed by atoms with Crippen molar-refractivity contribution in [1.29, 1.82) is 0 Å². The van der Waals surface area contributed by atoms with Gasteiger partial charge in [0.1, 0.15) is 0 Å².